The monoisotopic (exact) mass is 548 g/mol. The van der Waals surface area contributed by atoms with E-state index in [0.717, 1.165) is 10.5 Å². The molecule has 3 saturated heterocycles. The van der Waals surface area contributed by atoms with Gasteiger partial charge in [0.05, 0.1) is 0 Å². The molecule has 3 heterocycles. The average Bonchev–Trinajstić information content (AvgIpc) is 3.40. The first-order valence-corrected chi connectivity index (χ1v) is 13.4. The molecule has 0 spiro atoms. The lowest BCUT2D eigenvalue weighted by Crippen LogP contribution is -2.71. The van der Waals surface area contributed by atoms with Crippen molar-refractivity contribution in [3.05, 3.63) is 77.4 Å². The number of benzene rings is 2. The molecule has 4 atom stereocenters. The number of imide groups is 1. The Morgan fingerprint density at radius 1 is 1.05 bits per heavy atom. The van der Waals surface area contributed by atoms with Crippen LogP contribution in [-0.2, 0) is 19.2 Å². The van der Waals surface area contributed by atoms with Gasteiger partial charge < -0.3 is 20.6 Å². The molecule has 5 rings (SSSR count). The summed E-state index contributed by atoms with van der Waals surface area (Å²) in [6.07, 6.45) is 2.13. The Hall–Kier alpha value is -4.12. The lowest BCUT2D eigenvalue weighted by molar-refractivity contribution is -0.161. The number of hydrogen-bond acceptors (Lipinski definition) is 6. The maximum Gasteiger partial charge on any atom is 0.327 e. The van der Waals surface area contributed by atoms with Crippen LogP contribution in [0.25, 0.3) is 6.08 Å². The summed E-state index contributed by atoms with van der Waals surface area (Å²) in [5.74, 6) is -2.64. The maximum atomic E-state index is 13.5. The molecule has 0 saturated carbocycles. The Bertz CT molecular complexity index is 1360. The fourth-order valence-corrected chi connectivity index (χ4v) is 6.85. The molecule has 3 N–H and O–H groups in total. The molecule has 10 nitrogen and oxygen atoms in total. The minimum atomic E-state index is -1.18. The second kappa shape index (κ2) is 10.2. The van der Waals surface area contributed by atoms with E-state index in [0.29, 0.717) is 17.6 Å². The number of nitrogens with one attached hydrogen (secondary N) is 2. The van der Waals surface area contributed by atoms with Crippen LogP contribution in [0, 0.1) is 0 Å². The van der Waals surface area contributed by atoms with E-state index in [9.17, 15) is 29.1 Å². The molecule has 2 aromatic rings. The Kier molecular flexibility index (Phi) is 6.94. The van der Waals surface area contributed by atoms with Gasteiger partial charge in [0.15, 0.2) is 0 Å². The summed E-state index contributed by atoms with van der Waals surface area (Å²) in [6, 6.07) is 14.0. The van der Waals surface area contributed by atoms with Gasteiger partial charge in [-0.15, -0.1) is 11.8 Å². The van der Waals surface area contributed by atoms with Crippen molar-refractivity contribution in [1.82, 2.24) is 20.4 Å². The van der Waals surface area contributed by atoms with E-state index in [1.807, 2.05) is 30.3 Å². The van der Waals surface area contributed by atoms with Crippen LogP contribution in [0.4, 0.5) is 4.79 Å². The number of carbonyl (C=O) groups is 5. The van der Waals surface area contributed by atoms with Crippen molar-refractivity contribution in [3.63, 3.8) is 0 Å². The third kappa shape index (κ3) is 4.89. The summed E-state index contributed by atoms with van der Waals surface area (Å²) in [5, 5.41) is 14.5. The largest absolute Gasteiger partial charge is 0.480 e. The average molecular weight is 549 g/mol. The quantitative estimate of drug-likeness (QED) is 0.373. The number of carboxylic acids is 1. The highest BCUT2D eigenvalue weighted by Gasteiger charge is 2.64. The van der Waals surface area contributed by atoms with Crippen LogP contribution in [-0.4, -0.2) is 73.4 Å². The molecular weight excluding hydrogens is 520 g/mol. The summed E-state index contributed by atoms with van der Waals surface area (Å²) in [6.45, 7) is 3.68. The first kappa shape index (κ1) is 26.5. The van der Waals surface area contributed by atoms with Gasteiger partial charge in [-0.1, -0.05) is 60.7 Å². The zero-order valence-corrected chi connectivity index (χ0v) is 22.2. The molecule has 3 aliphatic rings. The summed E-state index contributed by atoms with van der Waals surface area (Å²) in [5.41, 5.74) is 1.81. The van der Waals surface area contributed by atoms with Gasteiger partial charge >= 0.3 is 12.0 Å². The second-order valence-corrected chi connectivity index (χ2v) is 11.9. The van der Waals surface area contributed by atoms with Gasteiger partial charge in [0.2, 0.25) is 11.8 Å². The highest BCUT2D eigenvalue weighted by Crippen LogP contribution is 2.50. The number of fused-ring (bicyclic) bond motifs is 1. The van der Waals surface area contributed by atoms with E-state index in [4.69, 9.17) is 0 Å². The van der Waals surface area contributed by atoms with Crippen LogP contribution in [0.2, 0.25) is 0 Å². The summed E-state index contributed by atoms with van der Waals surface area (Å²) in [7, 11) is 0. The topological polar surface area (TPSA) is 136 Å². The van der Waals surface area contributed by atoms with Gasteiger partial charge in [-0.2, -0.15) is 0 Å². The van der Waals surface area contributed by atoms with Gasteiger partial charge in [0.25, 0.3) is 5.91 Å². The van der Waals surface area contributed by atoms with E-state index in [1.54, 1.807) is 50.3 Å². The molecular formula is C28H28N4O6S. The maximum absolute atomic E-state index is 13.5. The van der Waals surface area contributed by atoms with Crippen molar-refractivity contribution < 1.29 is 29.1 Å². The molecule has 2 aromatic carbocycles. The van der Waals surface area contributed by atoms with Crippen LogP contribution >= 0.6 is 11.8 Å². The minimum absolute atomic E-state index is 0.174. The molecule has 1 unspecified atom stereocenters. The Balaban J connectivity index is 1.31. The van der Waals surface area contributed by atoms with Gasteiger partial charge in [-0.25, -0.2) is 9.59 Å². The molecule has 202 valence electrons. The fraction of sp³-hybridized carbons (Fsp3) is 0.321. The van der Waals surface area contributed by atoms with Crippen molar-refractivity contribution in [2.75, 3.05) is 6.54 Å². The number of carboxylic acid groups (broad SMARTS) is 1. The van der Waals surface area contributed by atoms with Crippen LogP contribution in [0.3, 0.4) is 0 Å². The molecule has 39 heavy (non-hydrogen) atoms. The number of likely N-dealkylation sites (tertiary alicyclic amines) is 1. The minimum Gasteiger partial charge on any atom is -0.480 e. The number of amides is 5. The number of urea groups is 1. The first-order valence-electron chi connectivity index (χ1n) is 12.5. The molecule has 0 aromatic heterocycles. The third-order valence-corrected chi connectivity index (χ3v) is 8.72. The molecule has 0 radical (unpaired) electrons. The van der Waals surface area contributed by atoms with Gasteiger partial charge in [-0.05, 0) is 37.5 Å². The lowest BCUT2D eigenvalue weighted by atomic mass is 9.95. The molecule has 11 heteroatoms. The Labute approximate surface area is 229 Å². The standard InChI is InChI=1S/C28H28N4O6S/c1-28(2)21(26(36)37)32-24(35)20(25(32)39-28)29-22(33)19(17-11-7-4-8-12-17)30-27(38)31-14-13-18(23(31)34)15-16-9-5-3-6-10-16/h3-12,15,19-21,25H,13-14H2,1-2H3,(H,29,33)(H,30,38)(H,36,37)/t19?,20-,21+,25-/m1/s1. The third-order valence-electron chi connectivity index (χ3n) is 7.15. The molecule has 3 fully saturated rings. The van der Waals surface area contributed by atoms with Crippen molar-refractivity contribution in [2.45, 2.75) is 48.5 Å². The zero-order valence-electron chi connectivity index (χ0n) is 21.4. The molecule has 0 bridgehead atoms. The molecule has 5 amide bonds. The first-order chi connectivity index (χ1) is 18.6. The second-order valence-electron chi connectivity index (χ2n) is 10.2. The number of rotatable bonds is 6. The van der Waals surface area contributed by atoms with Gasteiger partial charge in [0, 0.05) is 16.9 Å². The van der Waals surface area contributed by atoms with Gasteiger partial charge in [-0.3, -0.25) is 19.3 Å². The van der Waals surface area contributed by atoms with E-state index in [2.05, 4.69) is 10.6 Å². The van der Waals surface area contributed by atoms with E-state index in [-0.39, 0.29) is 6.54 Å². The zero-order chi connectivity index (χ0) is 27.9. The van der Waals surface area contributed by atoms with Crippen LogP contribution in [0.15, 0.2) is 66.2 Å². The SMILES string of the molecule is CC1(C)S[C@@H]2[C@H](NC(=O)C(NC(=O)N3CCC(=Cc4ccccc4)C3=O)c3ccccc3)C(=O)N2[C@H]1C(=O)O. The number of carbonyl (C=O) groups excluding carboxylic acids is 4. The highest BCUT2D eigenvalue weighted by atomic mass is 32.2. The summed E-state index contributed by atoms with van der Waals surface area (Å²) >= 11 is 1.31. The molecule has 0 aliphatic carbocycles. The van der Waals surface area contributed by atoms with Crippen LogP contribution in [0.5, 0.6) is 0 Å². The highest BCUT2D eigenvalue weighted by molar-refractivity contribution is 8.01. The van der Waals surface area contributed by atoms with Crippen LogP contribution in [0.1, 0.15) is 37.4 Å². The number of hydrogen-bond donors (Lipinski definition) is 3. The number of β-lactam (4-membered cyclic amide) rings is 1. The van der Waals surface area contributed by atoms with Crippen LogP contribution < -0.4 is 10.6 Å². The summed E-state index contributed by atoms with van der Waals surface area (Å²) < 4.78 is -0.736. The number of thioether (sulfide) groups is 1. The number of nitrogens with zero attached hydrogens (tertiary/aromatic N) is 2. The number of aliphatic carboxylic acids is 1. The van der Waals surface area contributed by atoms with Crippen molar-refractivity contribution in [2.24, 2.45) is 0 Å². The fourth-order valence-electron chi connectivity index (χ4n) is 5.22. The van der Waals surface area contributed by atoms with Crippen molar-refractivity contribution >= 4 is 47.6 Å². The predicted molar refractivity (Wildman–Crippen MR) is 144 cm³/mol. The Morgan fingerprint density at radius 3 is 2.33 bits per heavy atom. The van der Waals surface area contributed by atoms with Gasteiger partial charge in [0.1, 0.15) is 23.5 Å². The predicted octanol–water partition coefficient (Wildman–Crippen LogP) is 2.38. The van der Waals surface area contributed by atoms with E-state index >= 15 is 0 Å². The van der Waals surface area contributed by atoms with E-state index < -0.39 is 58.0 Å². The summed E-state index contributed by atoms with van der Waals surface area (Å²) in [4.78, 5) is 66.7. The van der Waals surface area contributed by atoms with Crippen molar-refractivity contribution in [3.8, 4) is 0 Å². The lowest BCUT2D eigenvalue weighted by Gasteiger charge is -2.44. The smallest absolute Gasteiger partial charge is 0.327 e. The van der Waals surface area contributed by atoms with Crippen molar-refractivity contribution in [1.29, 1.82) is 0 Å². The van der Waals surface area contributed by atoms with E-state index in [1.165, 1.54) is 16.7 Å². The normalized spacial score (nSPS) is 25.2. The Morgan fingerprint density at radius 2 is 1.69 bits per heavy atom. The molecule has 3 aliphatic heterocycles.